The van der Waals surface area contributed by atoms with Gasteiger partial charge in [0.15, 0.2) is 0 Å². The van der Waals surface area contributed by atoms with E-state index in [4.69, 9.17) is 30.9 Å². The molecule has 0 fully saturated rings. The van der Waals surface area contributed by atoms with E-state index in [0.29, 0.717) is 50.9 Å². The molecule has 0 saturated heterocycles. The Morgan fingerprint density at radius 1 is 0.920 bits per heavy atom. The van der Waals surface area contributed by atoms with Crippen LogP contribution in [-0.2, 0) is 14.3 Å². The molecule has 0 radical (unpaired) electrons. The first-order valence-corrected chi connectivity index (χ1v) is 16.1. The van der Waals surface area contributed by atoms with E-state index in [9.17, 15) is 34.2 Å². The minimum absolute atomic E-state index is 0.0481. The average Bonchev–Trinajstić information content (AvgIpc) is 3.07. The fourth-order valence-corrected chi connectivity index (χ4v) is 4.51. The van der Waals surface area contributed by atoms with E-state index in [2.05, 4.69) is 10.6 Å². The first-order chi connectivity index (χ1) is 24.0. The highest BCUT2D eigenvalue weighted by Crippen LogP contribution is 2.31. The highest BCUT2D eigenvalue weighted by atomic mass is 19.1. The Labute approximate surface area is 289 Å². The van der Waals surface area contributed by atoms with Crippen LogP contribution >= 0.6 is 0 Å². The predicted molar refractivity (Wildman–Crippen MR) is 184 cm³/mol. The zero-order chi connectivity index (χ0) is 36.7. The number of hydrazine groups is 1. The standard InChI is InChI=1S/C32H46FN7O10/c33-13-16-38(35)20-24(34)21-48-27(22-49-25-9-11-30(39(44)45)28(18-25)36-14-5-1-2-7-17-41)23-50-26-10-12-31(40(46)47)29(19-26)37-15-6-3-4-8-32(42)43/h9-12,17-20,27,36-37H,1-8,13-16,21-23,34-35H2,(H,42,43)/b24-20-. The number of nitrogens with zero attached hydrogens (tertiary/aromatic N) is 3. The number of unbranched alkanes of at least 4 members (excludes halogenated alkanes) is 5. The number of ether oxygens (including phenoxy) is 3. The van der Waals surface area contributed by atoms with Gasteiger partial charge in [-0.1, -0.05) is 12.8 Å². The summed E-state index contributed by atoms with van der Waals surface area (Å²) >= 11 is 0. The zero-order valence-electron chi connectivity index (χ0n) is 27.8. The molecule has 1 atom stereocenters. The number of anilines is 2. The largest absolute Gasteiger partial charge is 0.491 e. The van der Waals surface area contributed by atoms with Gasteiger partial charge in [-0.2, -0.15) is 0 Å². The van der Waals surface area contributed by atoms with Crippen molar-refractivity contribution in [1.82, 2.24) is 5.01 Å². The third-order valence-corrected chi connectivity index (χ3v) is 7.06. The predicted octanol–water partition coefficient (Wildman–Crippen LogP) is 4.52. The lowest BCUT2D eigenvalue weighted by molar-refractivity contribution is -0.384. The number of aliphatic carboxylic acids is 1. The van der Waals surface area contributed by atoms with Crippen LogP contribution in [0.4, 0.5) is 27.1 Å². The van der Waals surface area contributed by atoms with E-state index in [1.807, 2.05) is 0 Å². The van der Waals surface area contributed by atoms with Crippen molar-refractivity contribution in [3.8, 4) is 11.5 Å². The van der Waals surface area contributed by atoms with Crippen LogP contribution in [0, 0.1) is 20.2 Å². The van der Waals surface area contributed by atoms with E-state index in [-0.39, 0.29) is 67.0 Å². The van der Waals surface area contributed by atoms with Crippen LogP contribution in [0.1, 0.15) is 51.4 Å². The molecule has 276 valence electrons. The summed E-state index contributed by atoms with van der Waals surface area (Å²) in [7, 11) is 0. The quantitative estimate of drug-likeness (QED) is 0.0268. The number of benzene rings is 2. The van der Waals surface area contributed by atoms with Crippen LogP contribution < -0.4 is 31.7 Å². The number of hydrogen-bond acceptors (Lipinski definition) is 14. The molecule has 0 spiro atoms. The molecule has 0 aliphatic carbocycles. The third kappa shape index (κ3) is 16.2. The van der Waals surface area contributed by atoms with Crippen molar-refractivity contribution < 1.29 is 43.1 Å². The monoisotopic (exact) mass is 707 g/mol. The van der Waals surface area contributed by atoms with Gasteiger partial charge in [0.1, 0.15) is 55.2 Å². The van der Waals surface area contributed by atoms with Gasteiger partial charge >= 0.3 is 5.97 Å². The van der Waals surface area contributed by atoms with Gasteiger partial charge in [-0.25, -0.2) is 10.2 Å². The molecule has 0 aliphatic heterocycles. The van der Waals surface area contributed by atoms with Crippen LogP contribution in [0.2, 0.25) is 0 Å². The van der Waals surface area contributed by atoms with E-state index in [0.717, 1.165) is 24.1 Å². The Morgan fingerprint density at radius 2 is 1.46 bits per heavy atom. The minimum atomic E-state index is -0.882. The Hall–Kier alpha value is -5.23. The minimum Gasteiger partial charge on any atom is -0.491 e. The average molecular weight is 708 g/mol. The molecule has 2 rings (SSSR count). The number of nitro groups is 2. The van der Waals surface area contributed by atoms with Gasteiger partial charge in [-0.3, -0.25) is 25.0 Å². The number of carbonyl (C=O) groups is 2. The molecule has 0 amide bonds. The normalized spacial score (nSPS) is 11.8. The summed E-state index contributed by atoms with van der Waals surface area (Å²) in [4.78, 5) is 43.4. The summed E-state index contributed by atoms with van der Waals surface area (Å²) < 4.78 is 30.4. The molecule has 1 unspecified atom stereocenters. The Balaban J connectivity index is 2.15. The maximum absolute atomic E-state index is 12.6. The summed E-state index contributed by atoms with van der Waals surface area (Å²) in [6, 6.07) is 8.45. The van der Waals surface area contributed by atoms with Crippen LogP contribution in [0.3, 0.4) is 0 Å². The second kappa shape index (κ2) is 23.2. The van der Waals surface area contributed by atoms with Crippen molar-refractivity contribution in [2.75, 3.05) is 56.8 Å². The molecule has 0 saturated carbocycles. The molecule has 2 aromatic carbocycles. The molecule has 50 heavy (non-hydrogen) atoms. The summed E-state index contributed by atoms with van der Waals surface area (Å²) in [6.45, 7) is -0.271. The van der Waals surface area contributed by atoms with Crippen molar-refractivity contribution >= 4 is 35.0 Å². The van der Waals surface area contributed by atoms with Crippen LogP contribution in [-0.4, -0.2) is 84.5 Å². The molecule has 2 aromatic rings. The highest BCUT2D eigenvalue weighted by molar-refractivity contribution is 5.66. The molecule has 18 heteroatoms. The Bertz CT molecular complexity index is 1420. The smallest absolute Gasteiger partial charge is 0.303 e. The van der Waals surface area contributed by atoms with Gasteiger partial charge in [0.2, 0.25) is 0 Å². The number of rotatable bonds is 28. The van der Waals surface area contributed by atoms with Crippen LogP contribution in [0.5, 0.6) is 11.5 Å². The number of carbonyl (C=O) groups excluding carboxylic acids is 1. The number of carboxylic acids is 1. The molecule has 0 bridgehead atoms. The summed E-state index contributed by atoms with van der Waals surface area (Å²) in [5.74, 6) is 5.38. The van der Waals surface area contributed by atoms with Gasteiger partial charge in [0.05, 0.1) is 28.7 Å². The maximum atomic E-state index is 12.6. The van der Waals surface area contributed by atoms with Gasteiger partial charge in [-0.05, 0) is 37.8 Å². The lowest BCUT2D eigenvalue weighted by Crippen LogP contribution is -2.32. The second-order valence-electron chi connectivity index (χ2n) is 11.1. The number of nitrogens with two attached hydrogens (primary N) is 2. The molecular formula is C32H46FN7O10. The molecule has 17 nitrogen and oxygen atoms in total. The van der Waals surface area contributed by atoms with Crippen LogP contribution in [0.25, 0.3) is 0 Å². The van der Waals surface area contributed by atoms with Crippen molar-refractivity contribution in [2.24, 2.45) is 11.6 Å². The number of carboxylic acid groups (broad SMARTS) is 1. The van der Waals surface area contributed by atoms with Crippen molar-refractivity contribution in [2.45, 2.75) is 57.5 Å². The zero-order valence-corrected chi connectivity index (χ0v) is 27.8. The third-order valence-electron chi connectivity index (χ3n) is 7.06. The Kier molecular flexibility index (Phi) is 19.0. The first-order valence-electron chi connectivity index (χ1n) is 16.1. The van der Waals surface area contributed by atoms with Crippen molar-refractivity contribution in [3.63, 3.8) is 0 Å². The molecule has 0 heterocycles. The highest BCUT2D eigenvalue weighted by Gasteiger charge is 2.19. The number of halogens is 1. The fraction of sp³-hybridized carbons (Fsp3) is 0.500. The van der Waals surface area contributed by atoms with E-state index in [1.54, 1.807) is 0 Å². The number of alkyl halides is 1. The lowest BCUT2D eigenvalue weighted by atomic mass is 10.2. The summed E-state index contributed by atoms with van der Waals surface area (Å²) in [5, 5.41) is 39.1. The molecule has 7 N–H and O–H groups in total. The molecule has 0 aliphatic rings. The summed E-state index contributed by atoms with van der Waals surface area (Å²) in [5.41, 5.74) is 6.35. The van der Waals surface area contributed by atoms with Crippen molar-refractivity contribution in [3.05, 3.63) is 68.5 Å². The summed E-state index contributed by atoms with van der Waals surface area (Å²) in [6.07, 6.45) is 5.84. The van der Waals surface area contributed by atoms with E-state index >= 15 is 0 Å². The fourth-order valence-electron chi connectivity index (χ4n) is 4.51. The number of hydrogen-bond donors (Lipinski definition) is 5. The first kappa shape index (κ1) is 40.9. The number of nitrogens with one attached hydrogen (secondary N) is 2. The number of nitro benzene ring substituents is 2. The number of aldehydes is 1. The maximum Gasteiger partial charge on any atom is 0.303 e. The van der Waals surface area contributed by atoms with Gasteiger partial charge in [-0.15, -0.1) is 0 Å². The van der Waals surface area contributed by atoms with Gasteiger partial charge in [0, 0.05) is 56.4 Å². The second-order valence-corrected chi connectivity index (χ2v) is 11.1. The van der Waals surface area contributed by atoms with Gasteiger partial charge in [0.25, 0.3) is 11.4 Å². The van der Waals surface area contributed by atoms with Crippen molar-refractivity contribution in [1.29, 1.82) is 0 Å². The molecular weight excluding hydrogens is 661 g/mol. The lowest BCUT2D eigenvalue weighted by Gasteiger charge is -2.21. The van der Waals surface area contributed by atoms with Crippen LogP contribution in [0.15, 0.2) is 48.3 Å². The van der Waals surface area contributed by atoms with E-state index in [1.165, 1.54) is 42.6 Å². The van der Waals surface area contributed by atoms with E-state index < -0.39 is 28.6 Å². The van der Waals surface area contributed by atoms with Gasteiger partial charge < -0.3 is 45.5 Å². The molecule has 0 aromatic heterocycles. The SMILES string of the molecule is N/C(=C\N(N)CCF)COC(COc1ccc([N+](=O)[O-])c(NCCCCCC=O)c1)COc1ccc([N+](=O)[O-])c(NCCCCCC(=O)O)c1. The topological polar surface area (TPSA) is 248 Å². The Morgan fingerprint density at radius 3 is 1.94 bits per heavy atom.